The van der Waals surface area contributed by atoms with Crippen LogP contribution in [-0.4, -0.2) is 36.2 Å². The van der Waals surface area contributed by atoms with Crippen molar-refractivity contribution in [2.45, 2.75) is 37.7 Å². The smallest absolute Gasteiger partial charge is 0.362 e. The van der Waals surface area contributed by atoms with Crippen LogP contribution in [0, 0.1) is 29.1 Å². The van der Waals surface area contributed by atoms with E-state index in [1.165, 1.54) is 6.42 Å². The number of hydrogen-bond acceptors (Lipinski definition) is 4. The van der Waals surface area contributed by atoms with Crippen molar-refractivity contribution in [2.75, 3.05) is 6.61 Å². The van der Waals surface area contributed by atoms with Crippen LogP contribution in [0.2, 0.25) is 0 Å². The minimum atomic E-state index is -5.68. The highest BCUT2D eigenvalue weighted by Crippen LogP contribution is 2.81. The van der Waals surface area contributed by atoms with E-state index in [4.69, 9.17) is 4.55 Å². The quantitative estimate of drug-likeness (QED) is 0.593. The third-order valence-electron chi connectivity index (χ3n) is 5.44. The Morgan fingerprint density at radius 1 is 1.45 bits per heavy atom. The Morgan fingerprint density at radius 2 is 2.10 bits per heavy atom. The molecule has 0 bridgehead atoms. The summed E-state index contributed by atoms with van der Waals surface area (Å²) >= 11 is 0. The SMILES string of the molecule is CC1CC2CC23CC3C1COC(O)C(F)(F)S(=O)(=O)O. The average molecular weight is 312 g/mol. The maximum absolute atomic E-state index is 13.2. The molecule has 0 aromatic carbocycles. The fraction of sp³-hybridized carbons (Fsp3) is 1.00. The Morgan fingerprint density at radius 3 is 2.70 bits per heavy atom. The van der Waals surface area contributed by atoms with Crippen LogP contribution in [0.1, 0.15) is 26.2 Å². The molecule has 3 aliphatic carbocycles. The maximum Gasteiger partial charge on any atom is 0.418 e. The summed E-state index contributed by atoms with van der Waals surface area (Å²) in [6.07, 6.45) is 0.481. The first-order valence-electron chi connectivity index (χ1n) is 6.74. The van der Waals surface area contributed by atoms with Crippen LogP contribution in [-0.2, 0) is 14.9 Å². The van der Waals surface area contributed by atoms with Gasteiger partial charge in [0.2, 0.25) is 6.29 Å². The maximum atomic E-state index is 13.2. The first-order valence-corrected chi connectivity index (χ1v) is 8.18. The summed E-state index contributed by atoms with van der Waals surface area (Å²) in [4.78, 5) is 0. The molecule has 20 heavy (non-hydrogen) atoms. The van der Waals surface area contributed by atoms with E-state index in [1.807, 2.05) is 6.92 Å². The van der Waals surface area contributed by atoms with Crippen molar-refractivity contribution in [1.29, 1.82) is 0 Å². The normalized spacial score (nSPS) is 44.5. The lowest BCUT2D eigenvalue weighted by Gasteiger charge is -2.29. The molecule has 0 heterocycles. The molecule has 0 amide bonds. The molecule has 0 aromatic rings. The molecule has 0 aliphatic heterocycles. The largest absolute Gasteiger partial charge is 0.418 e. The van der Waals surface area contributed by atoms with Crippen molar-refractivity contribution in [3.05, 3.63) is 0 Å². The number of rotatable bonds is 5. The molecule has 5 nitrogen and oxygen atoms in total. The van der Waals surface area contributed by atoms with Crippen LogP contribution in [0.4, 0.5) is 8.78 Å². The number of aliphatic hydroxyl groups is 1. The second-order valence-electron chi connectivity index (χ2n) is 6.54. The van der Waals surface area contributed by atoms with E-state index < -0.39 is 21.7 Å². The summed E-state index contributed by atoms with van der Waals surface area (Å²) in [7, 11) is -5.68. The molecule has 0 radical (unpaired) electrons. The minimum absolute atomic E-state index is 0.0700. The first-order chi connectivity index (χ1) is 9.09. The minimum Gasteiger partial charge on any atom is -0.362 e. The molecular weight excluding hydrogens is 294 g/mol. The van der Waals surface area contributed by atoms with Gasteiger partial charge in [-0.15, -0.1) is 0 Å². The van der Waals surface area contributed by atoms with Gasteiger partial charge in [-0.2, -0.15) is 17.2 Å². The Labute approximate surface area is 116 Å². The van der Waals surface area contributed by atoms with E-state index in [0.717, 1.165) is 18.8 Å². The van der Waals surface area contributed by atoms with E-state index in [2.05, 4.69) is 4.74 Å². The molecule has 116 valence electrons. The van der Waals surface area contributed by atoms with E-state index >= 15 is 0 Å². The summed E-state index contributed by atoms with van der Waals surface area (Å²) in [6.45, 7) is 1.93. The van der Waals surface area contributed by atoms with Gasteiger partial charge in [0, 0.05) is 0 Å². The molecule has 6 unspecified atom stereocenters. The lowest BCUT2D eigenvalue weighted by molar-refractivity contribution is -0.206. The zero-order valence-corrected chi connectivity index (χ0v) is 11.8. The second kappa shape index (κ2) is 4.12. The van der Waals surface area contributed by atoms with Crippen LogP contribution < -0.4 is 0 Å². The van der Waals surface area contributed by atoms with Crippen molar-refractivity contribution in [1.82, 2.24) is 0 Å². The van der Waals surface area contributed by atoms with Gasteiger partial charge < -0.3 is 9.84 Å². The summed E-state index contributed by atoms with van der Waals surface area (Å²) in [6, 6.07) is 0. The highest BCUT2D eigenvalue weighted by atomic mass is 32.2. The summed E-state index contributed by atoms with van der Waals surface area (Å²) in [5.74, 6) is 1.58. The van der Waals surface area contributed by atoms with E-state index in [0.29, 0.717) is 17.3 Å². The monoisotopic (exact) mass is 312 g/mol. The number of ether oxygens (including phenoxy) is 1. The van der Waals surface area contributed by atoms with E-state index in [9.17, 15) is 22.3 Å². The van der Waals surface area contributed by atoms with Crippen molar-refractivity contribution in [2.24, 2.45) is 29.1 Å². The van der Waals surface area contributed by atoms with Gasteiger partial charge in [-0.25, -0.2) is 0 Å². The first kappa shape index (κ1) is 14.6. The molecule has 1 spiro atoms. The zero-order valence-electron chi connectivity index (χ0n) is 11.0. The van der Waals surface area contributed by atoms with E-state index in [-0.39, 0.29) is 12.5 Å². The highest BCUT2D eigenvalue weighted by molar-refractivity contribution is 7.86. The summed E-state index contributed by atoms with van der Waals surface area (Å²) in [5, 5.41) is 4.49. The van der Waals surface area contributed by atoms with E-state index in [1.54, 1.807) is 0 Å². The van der Waals surface area contributed by atoms with Gasteiger partial charge in [0.25, 0.3) is 0 Å². The standard InChI is InChI=1S/C12H18F2O5S/c1-6-2-7-3-11(7)4-9(11)8(6)5-19-10(15)12(13,14)20(16,17)18/h6-10,15H,2-5H2,1H3,(H,16,17,18). The molecule has 3 rings (SSSR count). The molecule has 3 aliphatic rings. The van der Waals surface area contributed by atoms with Crippen molar-refractivity contribution in [3.63, 3.8) is 0 Å². The summed E-state index contributed by atoms with van der Waals surface area (Å²) in [5.41, 5.74) is 0.400. The molecule has 0 aromatic heterocycles. The lowest BCUT2D eigenvalue weighted by atomic mass is 9.81. The topological polar surface area (TPSA) is 83.8 Å². The summed E-state index contributed by atoms with van der Waals surface area (Å²) < 4.78 is 60.4. The Kier molecular flexibility index (Phi) is 3.01. The molecule has 3 saturated carbocycles. The molecule has 6 atom stereocenters. The molecule has 3 fully saturated rings. The number of halogens is 2. The van der Waals surface area contributed by atoms with Gasteiger partial charge in [-0.05, 0) is 48.3 Å². The predicted molar refractivity (Wildman–Crippen MR) is 64.4 cm³/mol. The van der Waals surface area contributed by atoms with Gasteiger partial charge in [0.05, 0.1) is 6.61 Å². The Bertz CT molecular complexity index is 522. The van der Waals surface area contributed by atoms with Crippen LogP contribution in [0.3, 0.4) is 0 Å². The molecule has 8 heteroatoms. The predicted octanol–water partition coefficient (Wildman–Crippen LogP) is 1.48. The molecule has 0 saturated heterocycles. The van der Waals surface area contributed by atoms with Crippen LogP contribution in [0.5, 0.6) is 0 Å². The van der Waals surface area contributed by atoms with Gasteiger partial charge in [0.1, 0.15) is 0 Å². The fourth-order valence-corrected chi connectivity index (χ4v) is 4.40. The third kappa shape index (κ3) is 2.00. The highest BCUT2D eigenvalue weighted by Gasteiger charge is 2.74. The van der Waals surface area contributed by atoms with Crippen LogP contribution in [0.25, 0.3) is 0 Å². The van der Waals surface area contributed by atoms with Gasteiger partial charge in [-0.1, -0.05) is 6.92 Å². The van der Waals surface area contributed by atoms with Gasteiger partial charge in [-0.3, -0.25) is 4.55 Å². The van der Waals surface area contributed by atoms with Crippen molar-refractivity contribution in [3.8, 4) is 0 Å². The van der Waals surface area contributed by atoms with Crippen molar-refractivity contribution >= 4 is 10.1 Å². The Balaban J connectivity index is 1.60. The van der Waals surface area contributed by atoms with Gasteiger partial charge >= 0.3 is 15.4 Å². The zero-order chi connectivity index (χ0) is 14.9. The number of hydrogen-bond donors (Lipinski definition) is 2. The fourth-order valence-electron chi connectivity index (χ4n) is 4.08. The average Bonchev–Trinajstić information content (AvgIpc) is 3.17. The molecule has 2 N–H and O–H groups in total. The number of alkyl halides is 2. The van der Waals surface area contributed by atoms with Crippen molar-refractivity contribution < 1.29 is 31.6 Å². The number of aliphatic hydroxyl groups excluding tert-OH is 1. The van der Waals surface area contributed by atoms with Crippen LogP contribution >= 0.6 is 0 Å². The third-order valence-corrected chi connectivity index (χ3v) is 6.33. The van der Waals surface area contributed by atoms with Crippen LogP contribution in [0.15, 0.2) is 0 Å². The second-order valence-corrected chi connectivity index (χ2v) is 8.04. The molecular formula is C12H18F2O5S. The Hall–Kier alpha value is -0.310. The lowest BCUT2D eigenvalue weighted by Crippen LogP contribution is -2.44. The van der Waals surface area contributed by atoms with Gasteiger partial charge in [0.15, 0.2) is 0 Å².